The number of benzene rings is 1. The van der Waals surface area contributed by atoms with Crippen molar-refractivity contribution in [1.82, 2.24) is 15.3 Å². The van der Waals surface area contributed by atoms with E-state index in [1.165, 1.54) is 25.3 Å². The zero-order valence-corrected chi connectivity index (χ0v) is 17.4. The van der Waals surface area contributed by atoms with E-state index in [-0.39, 0.29) is 43.8 Å². The van der Waals surface area contributed by atoms with E-state index in [4.69, 9.17) is 51.2 Å². The number of nitrogens with zero attached hydrogens (tertiary/aromatic N) is 2. The van der Waals surface area contributed by atoms with Crippen LogP contribution in [0, 0.1) is 0 Å². The highest BCUT2D eigenvalue weighted by atomic mass is 35.5. The third kappa shape index (κ3) is 5.27. The maximum atomic E-state index is 12.6. The number of amides is 1. The Morgan fingerprint density at radius 3 is 2.61 bits per heavy atom. The lowest BCUT2D eigenvalue weighted by Crippen LogP contribution is -2.23. The Morgan fingerprint density at radius 1 is 1.32 bits per heavy atom. The van der Waals surface area contributed by atoms with Gasteiger partial charge < -0.3 is 4.74 Å². The Bertz CT molecular complexity index is 919. The summed E-state index contributed by atoms with van der Waals surface area (Å²) in [6.07, 6.45) is 1.28. The van der Waals surface area contributed by atoms with Crippen LogP contribution < -0.4 is 10.2 Å². The first-order valence-electron chi connectivity index (χ1n) is 7.61. The fourth-order valence-corrected chi connectivity index (χ4v) is 3.10. The number of aryl methyl sites for hydroxylation is 1. The summed E-state index contributed by atoms with van der Waals surface area (Å²) in [5.74, 6) is -1.01. The predicted molar refractivity (Wildman–Crippen MR) is 104 cm³/mol. The van der Waals surface area contributed by atoms with E-state index >= 15 is 0 Å². The second-order valence-electron chi connectivity index (χ2n) is 5.18. The summed E-state index contributed by atoms with van der Waals surface area (Å²) in [5, 5.41) is 4.03. The third-order valence-corrected chi connectivity index (χ3v) is 4.55. The molecule has 2 aromatic rings. The van der Waals surface area contributed by atoms with Crippen molar-refractivity contribution in [3.63, 3.8) is 0 Å². The maximum absolute atomic E-state index is 12.6. The SMILES string of the molecule is CCONC(=O)/C(Cl)=C/c1cc(-c2nn(C)c(OC(F)F)c2Cl)c(Cl)cc1Cl. The molecule has 6 nitrogen and oxygen atoms in total. The minimum absolute atomic E-state index is 0.0889. The molecule has 0 saturated heterocycles. The third-order valence-electron chi connectivity index (χ3n) is 3.29. The number of hydrogen-bond acceptors (Lipinski definition) is 4. The summed E-state index contributed by atoms with van der Waals surface area (Å²) in [5.41, 5.74) is 2.81. The van der Waals surface area contributed by atoms with Crippen LogP contribution in [0.1, 0.15) is 12.5 Å². The molecule has 28 heavy (non-hydrogen) atoms. The van der Waals surface area contributed by atoms with Crippen molar-refractivity contribution >= 4 is 58.4 Å². The summed E-state index contributed by atoms with van der Waals surface area (Å²) >= 11 is 24.5. The Kier molecular flexibility index (Phi) is 7.91. The van der Waals surface area contributed by atoms with Crippen LogP contribution in [-0.2, 0) is 16.7 Å². The van der Waals surface area contributed by atoms with Gasteiger partial charge in [0.05, 0.1) is 11.6 Å². The second kappa shape index (κ2) is 9.76. The van der Waals surface area contributed by atoms with Crippen molar-refractivity contribution in [3.05, 3.63) is 37.8 Å². The minimum Gasteiger partial charge on any atom is -0.416 e. The second-order valence-corrected chi connectivity index (χ2v) is 6.78. The largest absolute Gasteiger partial charge is 0.416 e. The molecule has 0 bridgehead atoms. The predicted octanol–water partition coefficient (Wildman–Crippen LogP) is 5.30. The average molecular weight is 475 g/mol. The molecule has 0 fully saturated rings. The molecule has 152 valence electrons. The molecule has 0 spiro atoms. The van der Waals surface area contributed by atoms with Crippen molar-refractivity contribution in [1.29, 1.82) is 0 Å². The van der Waals surface area contributed by atoms with E-state index < -0.39 is 12.5 Å². The standard InChI is InChI=1S/C16H13Cl4F2N3O3/c1-3-27-24-14(26)11(19)5-7-4-8(10(18)6-9(7)17)13-12(20)15(25(2)23-13)28-16(21)22/h4-6,16H,3H2,1-2H3,(H,24,26)/b11-5-. The molecule has 0 aliphatic carbocycles. The highest BCUT2D eigenvalue weighted by Crippen LogP contribution is 2.40. The molecule has 0 unspecified atom stereocenters. The highest BCUT2D eigenvalue weighted by Gasteiger charge is 2.22. The van der Waals surface area contributed by atoms with Crippen molar-refractivity contribution in [2.24, 2.45) is 7.05 Å². The first-order chi connectivity index (χ1) is 13.1. The number of aromatic nitrogens is 2. The zero-order valence-electron chi connectivity index (χ0n) is 14.4. The lowest BCUT2D eigenvalue weighted by Gasteiger charge is -2.08. The van der Waals surface area contributed by atoms with E-state index in [0.717, 1.165) is 4.68 Å². The van der Waals surface area contributed by atoms with E-state index in [1.807, 2.05) is 0 Å². The minimum atomic E-state index is -3.08. The molecule has 12 heteroatoms. The lowest BCUT2D eigenvalue weighted by atomic mass is 10.1. The quantitative estimate of drug-likeness (QED) is 0.437. The molecular formula is C16H13Cl4F2N3O3. The maximum Gasteiger partial charge on any atom is 0.388 e. The van der Waals surface area contributed by atoms with Gasteiger partial charge in [0.1, 0.15) is 15.7 Å². The lowest BCUT2D eigenvalue weighted by molar-refractivity contribution is -0.128. The molecule has 1 heterocycles. The van der Waals surface area contributed by atoms with Crippen molar-refractivity contribution in [2.45, 2.75) is 13.5 Å². The van der Waals surface area contributed by atoms with E-state index in [2.05, 4.69) is 15.3 Å². The molecule has 0 saturated carbocycles. The smallest absolute Gasteiger partial charge is 0.388 e. The van der Waals surface area contributed by atoms with Gasteiger partial charge in [0.15, 0.2) is 0 Å². The van der Waals surface area contributed by atoms with Crippen LogP contribution in [0.15, 0.2) is 17.2 Å². The number of carbonyl (C=O) groups excluding carboxylic acids is 1. The summed E-state index contributed by atoms with van der Waals surface area (Å²) in [6.45, 7) is -1.14. The number of halogens is 6. The molecule has 0 aliphatic heterocycles. The van der Waals surface area contributed by atoms with Gasteiger partial charge in [-0.15, -0.1) is 0 Å². The van der Waals surface area contributed by atoms with Gasteiger partial charge in [0.2, 0.25) is 5.88 Å². The fraction of sp³-hybridized carbons (Fsp3) is 0.250. The number of hydroxylamine groups is 1. The Morgan fingerprint density at radius 2 is 2.00 bits per heavy atom. The van der Waals surface area contributed by atoms with Crippen LogP contribution in [0.4, 0.5) is 8.78 Å². The summed E-state index contributed by atoms with van der Waals surface area (Å²) in [7, 11) is 1.38. The molecule has 0 aliphatic rings. The number of carbonyl (C=O) groups is 1. The number of ether oxygens (including phenoxy) is 1. The van der Waals surface area contributed by atoms with Gasteiger partial charge in [-0.1, -0.05) is 46.4 Å². The molecule has 2 rings (SSSR count). The van der Waals surface area contributed by atoms with Crippen molar-refractivity contribution < 1.29 is 23.1 Å². The average Bonchev–Trinajstić information content (AvgIpc) is 2.89. The van der Waals surface area contributed by atoms with Gasteiger partial charge in [-0.2, -0.15) is 13.9 Å². The van der Waals surface area contributed by atoms with Gasteiger partial charge >= 0.3 is 6.61 Å². The Labute approximate surface area is 178 Å². The van der Waals surface area contributed by atoms with Gasteiger partial charge in [-0.05, 0) is 30.7 Å². The van der Waals surface area contributed by atoms with Crippen LogP contribution in [0.2, 0.25) is 15.1 Å². The summed E-state index contributed by atoms with van der Waals surface area (Å²) in [6, 6.07) is 2.84. The molecule has 1 aromatic heterocycles. The monoisotopic (exact) mass is 473 g/mol. The van der Waals surface area contributed by atoms with Crippen LogP contribution >= 0.6 is 46.4 Å². The van der Waals surface area contributed by atoms with Crippen LogP contribution in [0.5, 0.6) is 5.88 Å². The fourth-order valence-electron chi connectivity index (χ4n) is 2.11. The van der Waals surface area contributed by atoms with Gasteiger partial charge in [0.25, 0.3) is 5.91 Å². The van der Waals surface area contributed by atoms with Crippen LogP contribution in [0.25, 0.3) is 17.3 Å². The molecule has 1 aromatic carbocycles. The van der Waals surface area contributed by atoms with Crippen molar-refractivity contribution in [3.8, 4) is 17.1 Å². The highest BCUT2D eigenvalue weighted by molar-refractivity contribution is 6.44. The van der Waals surface area contributed by atoms with Gasteiger partial charge in [0, 0.05) is 17.6 Å². The summed E-state index contributed by atoms with van der Waals surface area (Å²) < 4.78 is 30.5. The topological polar surface area (TPSA) is 65.4 Å². The van der Waals surface area contributed by atoms with Gasteiger partial charge in [-0.3, -0.25) is 9.63 Å². The Hall–Kier alpha value is -1.58. The first kappa shape index (κ1) is 22.7. The normalized spacial score (nSPS) is 11.8. The van der Waals surface area contributed by atoms with E-state index in [1.54, 1.807) is 6.92 Å². The van der Waals surface area contributed by atoms with Crippen molar-refractivity contribution in [2.75, 3.05) is 6.61 Å². The van der Waals surface area contributed by atoms with E-state index in [0.29, 0.717) is 5.56 Å². The molecule has 0 atom stereocenters. The van der Waals surface area contributed by atoms with Crippen LogP contribution in [-0.4, -0.2) is 28.9 Å². The number of rotatable bonds is 7. The number of alkyl halides is 2. The molecule has 0 radical (unpaired) electrons. The zero-order chi connectivity index (χ0) is 21.0. The number of hydrogen-bond donors (Lipinski definition) is 1. The molecule has 1 amide bonds. The first-order valence-corrected chi connectivity index (χ1v) is 9.12. The van der Waals surface area contributed by atoms with Gasteiger partial charge in [-0.25, -0.2) is 10.2 Å². The molecular weight excluding hydrogens is 462 g/mol. The van der Waals surface area contributed by atoms with Crippen LogP contribution in [0.3, 0.4) is 0 Å². The molecule has 1 N–H and O–H groups in total. The van der Waals surface area contributed by atoms with E-state index in [9.17, 15) is 13.6 Å². The number of nitrogens with one attached hydrogen (secondary N) is 1. The Balaban J connectivity index is 2.48. The summed E-state index contributed by atoms with van der Waals surface area (Å²) in [4.78, 5) is 16.6.